The van der Waals surface area contributed by atoms with Gasteiger partial charge < -0.3 is 10.4 Å². The lowest BCUT2D eigenvalue weighted by Gasteiger charge is -2.05. The third-order valence-corrected chi connectivity index (χ3v) is 6.50. The van der Waals surface area contributed by atoms with Gasteiger partial charge in [-0.05, 0) is 74.2 Å². The second-order valence-corrected chi connectivity index (χ2v) is 8.74. The summed E-state index contributed by atoms with van der Waals surface area (Å²) in [5.74, 6) is -0.0130. The molecular weight excluding hydrogens is 492 g/mol. The van der Waals surface area contributed by atoms with E-state index in [4.69, 9.17) is 0 Å². The van der Waals surface area contributed by atoms with Gasteiger partial charge in [-0.15, -0.1) is 11.3 Å². The molecule has 1 aliphatic rings. The van der Waals surface area contributed by atoms with Crippen molar-refractivity contribution < 1.29 is 9.90 Å². The molecule has 0 radical (unpaired) electrons. The van der Waals surface area contributed by atoms with E-state index in [0.717, 1.165) is 39.5 Å². The number of halogens is 2. The molecule has 2 heterocycles. The standard InChI is InChI=1S/C20H14Br2N2O2S/c1-2-18-23-17(9-27-18)11-3-4-16-12(8-11)13(20(26)24-16)5-10-6-14(21)19(25)15(22)7-10/h3-9,25H,2H2,1H3,(H,24,26)/b13-5-. The first-order valence-corrected chi connectivity index (χ1v) is 10.7. The first-order chi connectivity index (χ1) is 13.0. The van der Waals surface area contributed by atoms with E-state index in [1.807, 2.05) is 29.7 Å². The van der Waals surface area contributed by atoms with Gasteiger partial charge in [0.05, 0.1) is 19.6 Å². The zero-order chi connectivity index (χ0) is 19.1. The number of amides is 1. The maximum absolute atomic E-state index is 12.5. The van der Waals surface area contributed by atoms with Crippen molar-refractivity contribution in [1.82, 2.24) is 4.98 Å². The van der Waals surface area contributed by atoms with Gasteiger partial charge in [0.15, 0.2) is 0 Å². The molecule has 0 aliphatic carbocycles. The molecule has 1 amide bonds. The lowest BCUT2D eigenvalue weighted by molar-refractivity contribution is -0.110. The number of aryl methyl sites for hydroxylation is 1. The third-order valence-electron chi connectivity index (χ3n) is 4.30. The lowest BCUT2D eigenvalue weighted by atomic mass is 10.0. The molecule has 136 valence electrons. The predicted molar refractivity (Wildman–Crippen MR) is 117 cm³/mol. The molecule has 0 bridgehead atoms. The highest BCUT2D eigenvalue weighted by atomic mass is 79.9. The Hall–Kier alpha value is -1.96. The van der Waals surface area contributed by atoms with Crippen LogP contribution in [0.25, 0.3) is 22.9 Å². The Labute approximate surface area is 177 Å². The van der Waals surface area contributed by atoms with Crippen molar-refractivity contribution in [2.24, 2.45) is 0 Å². The molecule has 0 saturated carbocycles. The van der Waals surface area contributed by atoms with E-state index >= 15 is 0 Å². The SMILES string of the molecule is CCc1nc(-c2ccc3c(c2)/C(=C/c2cc(Br)c(O)c(Br)c2)C(=O)N3)cs1. The number of benzene rings is 2. The van der Waals surface area contributed by atoms with Crippen LogP contribution in [-0.4, -0.2) is 16.0 Å². The fraction of sp³-hybridized carbons (Fsp3) is 0.100. The Bertz CT molecular complexity index is 1080. The van der Waals surface area contributed by atoms with Crippen molar-refractivity contribution >= 4 is 66.4 Å². The molecule has 27 heavy (non-hydrogen) atoms. The van der Waals surface area contributed by atoms with Crippen LogP contribution >= 0.6 is 43.2 Å². The summed E-state index contributed by atoms with van der Waals surface area (Å²) in [6, 6.07) is 9.44. The van der Waals surface area contributed by atoms with Gasteiger partial charge in [0, 0.05) is 27.8 Å². The Morgan fingerprint density at radius 3 is 2.63 bits per heavy atom. The summed E-state index contributed by atoms with van der Waals surface area (Å²) >= 11 is 8.30. The van der Waals surface area contributed by atoms with Crippen LogP contribution in [0, 0.1) is 0 Å². The minimum Gasteiger partial charge on any atom is -0.506 e. The number of hydrogen-bond acceptors (Lipinski definition) is 4. The van der Waals surface area contributed by atoms with E-state index in [1.54, 1.807) is 23.5 Å². The molecule has 3 aromatic rings. The predicted octanol–water partition coefficient (Wildman–Crippen LogP) is 6.10. The zero-order valence-corrected chi connectivity index (χ0v) is 18.2. The van der Waals surface area contributed by atoms with Crippen molar-refractivity contribution in [1.29, 1.82) is 0 Å². The van der Waals surface area contributed by atoms with E-state index in [0.29, 0.717) is 14.5 Å². The highest BCUT2D eigenvalue weighted by molar-refractivity contribution is 9.11. The molecule has 0 unspecified atom stereocenters. The molecule has 1 aliphatic heterocycles. The molecule has 7 heteroatoms. The minimum absolute atomic E-state index is 0.131. The number of nitrogens with one attached hydrogen (secondary N) is 1. The first kappa shape index (κ1) is 18.4. The molecule has 2 aromatic carbocycles. The average molecular weight is 506 g/mol. The van der Waals surface area contributed by atoms with Gasteiger partial charge in [0.1, 0.15) is 5.75 Å². The van der Waals surface area contributed by atoms with Crippen LogP contribution in [0.3, 0.4) is 0 Å². The van der Waals surface area contributed by atoms with Crippen molar-refractivity contribution in [2.75, 3.05) is 5.32 Å². The topological polar surface area (TPSA) is 62.2 Å². The van der Waals surface area contributed by atoms with Gasteiger partial charge in [-0.3, -0.25) is 4.79 Å². The second-order valence-electron chi connectivity index (χ2n) is 6.09. The number of rotatable bonds is 3. The highest BCUT2D eigenvalue weighted by Crippen LogP contribution is 2.38. The minimum atomic E-state index is -0.144. The van der Waals surface area contributed by atoms with E-state index in [1.165, 1.54) is 0 Å². The highest BCUT2D eigenvalue weighted by Gasteiger charge is 2.25. The monoisotopic (exact) mass is 504 g/mol. The average Bonchev–Trinajstić information content (AvgIpc) is 3.24. The van der Waals surface area contributed by atoms with Gasteiger partial charge in [-0.2, -0.15) is 0 Å². The summed E-state index contributed by atoms with van der Waals surface area (Å²) in [4.78, 5) is 17.1. The number of anilines is 1. The molecule has 0 saturated heterocycles. The zero-order valence-electron chi connectivity index (χ0n) is 14.2. The number of phenols is 1. The summed E-state index contributed by atoms with van der Waals surface area (Å²) in [6.45, 7) is 2.09. The van der Waals surface area contributed by atoms with Crippen molar-refractivity contribution in [3.8, 4) is 17.0 Å². The number of fused-ring (bicyclic) bond motifs is 1. The summed E-state index contributed by atoms with van der Waals surface area (Å²) in [5.41, 5.74) is 4.94. The van der Waals surface area contributed by atoms with Crippen molar-refractivity contribution in [3.05, 3.63) is 60.8 Å². The number of hydrogen-bond donors (Lipinski definition) is 2. The molecule has 0 spiro atoms. The number of carbonyl (C=O) groups is 1. The van der Waals surface area contributed by atoms with Crippen LogP contribution in [0.4, 0.5) is 5.69 Å². The van der Waals surface area contributed by atoms with Crippen LogP contribution in [0.15, 0.2) is 44.7 Å². The Kier molecular flexibility index (Phi) is 4.92. The number of aromatic hydroxyl groups is 1. The third kappa shape index (κ3) is 3.47. The van der Waals surface area contributed by atoms with E-state index in [-0.39, 0.29) is 11.7 Å². The number of aromatic nitrogens is 1. The van der Waals surface area contributed by atoms with E-state index in [9.17, 15) is 9.90 Å². The van der Waals surface area contributed by atoms with E-state index < -0.39 is 0 Å². The summed E-state index contributed by atoms with van der Waals surface area (Å²) < 4.78 is 1.12. The fourth-order valence-electron chi connectivity index (χ4n) is 2.93. The number of carbonyl (C=O) groups excluding carboxylic acids is 1. The largest absolute Gasteiger partial charge is 0.506 e. The van der Waals surface area contributed by atoms with Crippen LogP contribution in [0.2, 0.25) is 0 Å². The molecular formula is C20H14Br2N2O2S. The maximum Gasteiger partial charge on any atom is 0.256 e. The van der Waals surface area contributed by atoms with Gasteiger partial charge in [-0.1, -0.05) is 13.0 Å². The van der Waals surface area contributed by atoms with Gasteiger partial charge >= 0.3 is 0 Å². The van der Waals surface area contributed by atoms with Crippen LogP contribution < -0.4 is 5.32 Å². The van der Waals surface area contributed by atoms with Gasteiger partial charge in [-0.25, -0.2) is 4.98 Å². The normalized spacial score (nSPS) is 14.5. The van der Waals surface area contributed by atoms with Crippen molar-refractivity contribution in [3.63, 3.8) is 0 Å². The van der Waals surface area contributed by atoms with E-state index in [2.05, 4.69) is 49.1 Å². The maximum atomic E-state index is 12.5. The van der Waals surface area contributed by atoms with Crippen LogP contribution in [-0.2, 0) is 11.2 Å². The number of thiazole rings is 1. The molecule has 0 fully saturated rings. The molecule has 0 atom stereocenters. The molecule has 4 rings (SSSR count). The van der Waals surface area contributed by atoms with Crippen molar-refractivity contribution in [2.45, 2.75) is 13.3 Å². The Morgan fingerprint density at radius 2 is 1.96 bits per heavy atom. The summed E-state index contributed by atoms with van der Waals surface area (Å²) in [5, 5.41) is 15.9. The fourth-order valence-corrected chi connectivity index (χ4v) is 4.91. The molecule has 2 N–H and O–H groups in total. The Morgan fingerprint density at radius 1 is 1.22 bits per heavy atom. The number of nitrogens with zero attached hydrogens (tertiary/aromatic N) is 1. The van der Waals surface area contributed by atoms with Gasteiger partial charge in [0.25, 0.3) is 5.91 Å². The second kappa shape index (κ2) is 7.22. The summed E-state index contributed by atoms with van der Waals surface area (Å²) in [6.07, 6.45) is 2.73. The lowest BCUT2D eigenvalue weighted by Crippen LogP contribution is -2.03. The smallest absolute Gasteiger partial charge is 0.256 e. The quantitative estimate of drug-likeness (QED) is 0.423. The van der Waals surface area contributed by atoms with Crippen LogP contribution in [0.1, 0.15) is 23.1 Å². The van der Waals surface area contributed by atoms with Crippen LogP contribution in [0.5, 0.6) is 5.75 Å². The first-order valence-electron chi connectivity index (χ1n) is 8.26. The number of phenolic OH excluding ortho intramolecular Hbond substituents is 1. The molecule has 1 aromatic heterocycles. The molecule has 4 nitrogen and oxygen atoms in total. The van der Waals surface area contributed by atoms with Gasteiger partial charge in [0.2, 0.25) is 0 Å². The Balaban J connectivity index is 1.79. The summed E-state index contributed by atoms with van der Waals surface area (Å²) in [7, 11) is 0.